The third-order valence-electron chi connectivity index (χ3n) is 2.14. The summed E-state index contributed by atoms with van der Waals surface area (Å²) in [5.74, 6) is 0. The van der Waals surface area contributed by atoms with Gasteiger partial charge in [0.25, 0.3) is 0 Å². The highest BCUT2D eigenvalue weighted by Gasteiger charge is 2.14. The first-order valence-electron chi connectivity index (χ1n) is 4.35. The quantitative estimate of drug-likeness (QED) is 0.630. The minimum Gasteiger partial charge on any atom is -0.336 e. The van der Waals surface area contributed by atoms with E-state index < -0.39 is 0 Å². The molecule has 66 valence electrons. The van der Waals surface area contributed by atoms with E-state index >= 15 is 0 Å². The first-order valence-corrected chi connectivity index (χ1v) is 4.35. The van der Waals surface area contributed by atoms with Crippen LogP contribution in [0.25, 0.3) is 0 Å². The number of hydrogen-bond donors (Lipinski definition) is 2. The lowest BCUT2D eigenvalue weighted by Crippen LogP contribution is -2.55. The minimum atomic E-state index is 0.688. The third kappa shape index (κ3) is 1.84. The molecule has 1 aliphatic rings. The lowest BCUT2D eigenvalue weighted by Gasteiger charge is -2.28. The van der Waals surface area contributed by atoms with Crippen LogP contribution in [0.1, 0.15) is 0 Å². The summed E-state index contributed by atoms with van der Waals surface area (Å²) in [6.07, 6.45) is 5.65. The van der Waals surface area contributed by atoms with Crippen molar-refractivity contribution < 1.29 is 0 Å². The molecule has 1 aromatic rings. The maximum Gasteiger partial charge on any atom is 0.0946 e. The van der Waals surface area contributed by atoms with Crippen LogP contribution >= 0.6 is 0 Å². The summed E-state index contributed by atoms with van der Waals surface area (Å²) in [7, 11) is 0. The molecular formula is C8H14N4. The molecule has 4 nitrogen and oxygen atoms in total. The Balaban J connectivity index is 1.62. The van der Waals surface area contributed by atoms with Crippen molar-refractivity contribution in [1.29, 1.82) is 0 Å². The van der Waals surface area contributed by atoms with Gasteiger partial charge in [-0.1, -0.05) is 0 Å². The highest BCUT2D eigenvalue weighted by atomic mass is 15.1. The second-order valence-corrected chi connectivity index (χ2v) is 3.11. The van der Waals surface area contributed by atoms with E-state index in [2.05, 4.69) is 20.2 Å². The normalized spacial score (nSPS) is 17.7. The Hall–Kier alpha value is -0.870. The molecule has 1 aliphatic heterocycles. The van der Waals surface area contributed by atoms with Crippen LogP contribution in [0.2, 0.25) is 0 Å². The number of nitrogens with one attached hydrogen (secondary N) is 2. The van der Waals surface area contributed by atoms with Gasteiger partial charge in [-0.15, -0.1) is 0 Å². The van der Waals surface area contributed by atoms with Crippen molar-refractivity contribution in [1.82, 2.24) is 20.2 Å². The first kappa shape index (κ1) is 7.76. The van der Waals surface area contributed by atoms with E-state index in [1.54, 1.807) is 0 Å². The Bertz CT molecular complexity index is 215. The Kier molecular flexibility index (Phi) is 2.39. The van der Waals surface area contributed by atoms with E-state index in [-0.39, 0.29) is 0 Å². The first-order chi connectivity index (χ1) is 5.95. The van der Waals surface area contributed by atoms with Crippen LogP contribution in [0.5, 0.6) is 0 Å². The lowest BCUT2D eigenvalue weighted by molar-refractivity contribution is 0.361. The second kappa shape index (κ2) is 3.69. The van der Waals surface area contributed by atoms with Gasteiger partial charge in [0.1, 0.15) is 0 Å². The van der Waals surface area contributed by atoms with Gasteiger partial charge in [-0.05, 0) is 0 Å². The Morgan fingerprint density at radius 1 is 1.58 bits per heavy atom. The fourth-order valence-electron chi connectivity index (χ4n) is 1.25. The summed E-state index contributed by atoms with van der Waals surface area (Å²) < 4.78 is 2.08. The predicted octanol–water partition coefficient (Wildman–Crippen LogP) is -0.555. The maximum atomic E-state index is 3.98. The summed E-state index contributed by atoms with van der Waals surface area (Å²) in [6.45, 7) is 4.27. The molecule has 1 saturated heterocycles. The Morgan fingerprint density at radius 3 is 3.08 bits per heavy atom. The zero-order valence-electron chi connectivity index (χ0n) is 7.03. The van der Waals surface area contributed by atoms with Gasteiger partial charge in [-0.2, -0.15) is 0 Å². The van der Waals surface area contributed by atoms with Gasteiger partial charge >= 0.3 is 0 Å². The molecule has 0 spiro atoms. The van der Waals surface area contributed by atoms with Crippen molar-refractivity contribution in [2.45, 2.75) is 12.6 Å². The van der Waals surface area contributed by atoms with Crippen LogP contribution in [0.15, 0.2) is 18.7 Å². The molecule has 2 rings (SSSR count). The van der Waals surface area contributed by atoms with Crippen molar-refractivity contribution >= 4 is 0 Å². The van der Waals surface area contributed by atoms with Crippen LogP contribution in [0.4, 0.5) is 0 Å². The van der Waals surface area contributed by atoms with Crippen LogP contribution in [0.3, 0.4) is 0 Å². The number of rotatable bonds is 4. The van der Waals surface area contributed by atoms with Gasteiger partial charge in [0, 0.05) is 44.6 Å². The summed E-state index contributed by atoms with van der Waals surface area (Å²) in [4.78, 5) is 3.98. The van der Waals surface area contributed by atoms with Gasteiger partial charge in [0.15, 0.2) is 0 Å². The minimum absolute atomic E-state index is 0.688. The van der Waals surface area contributed by atoms with Crippen LogP contribution in [-0.2, 0) is 6.54 Å². The summed E-state index contributed by atoms with van der Waals surface area (Å²) in [6, 6.07) is 0.688. The lowest BCUT2D eigenvalue weighted by atomic mass is 10.2. The van der Waals surface area contributed by atoms with Crippen molar-refractivity contribution in [2.75, 3.05) is 19.6 Å². The molecule has 12 heavy (non-hydrogen) atoms. The van der Waals surface area contributed by atoms with E-state index in [1.165, 1.54) is 0 Å². The number of hydrogen-bond acceptors (Lipinski definition) is 3. The maximum absolute atomic E-state index is 3.98. The summed E-state index contributed by atoms with van der Waals surface area (Å²) in [5, 5.41) is 6.67. The van der Waals surface area contributed by atoms with Gasteiger partial charge < -0.3 is 15.2 Å². The predicted molar refractivity (Wildman–Crippen MR) is 46.9 cm³/mol. The standard InChI is InChI=1S/C8H14N4/c1-3-12(7-9-1)4-2-11-8-5-10-6-8/h1,3,7-8,10-11H,2,4-6H2. The molecule has 2 N–H and O–H groups in total. The second-order valence-electron chi connectivity index (χ2n) is 3.11. The molecule has 0 aromatic carbocycles. The zero-order valence-corrected chi connectivity index (χ0v) is 7.03. The molecule has 0 saturated carbocycles. The molecule has 2 heterocycles. The Morgan fingerprint density at radius 2 is 2.50 bits per heavy atom. The van der Waals surface area contributed by atoms with E-state index in [0.29, 0.717) is 6.04 Å². The number of imidazole rings is 1. The Labute approximate surface area is 72.0 Å². The van der Waals surface area contributed by atoms with Gasteiger partial charge in [0.2, 0.25) is 0 Å². The molecule has 0 unspecified atom stereocenters. The van der Waals surface area contributed by atoms with Crippen LogP contribution in [0, 0.1) is 0 Å². The number of nitrogens with zero attached hydrogens (tertiary/aromatic N) is 2. The van der Waals surface area contributed by atoms with Gasteiger partial charge in [0.05, 0.1) is 6.33 Å². The highest BCUT2D eigenvalue weighted by molar-refractivity contribution is 4.81. The third-order valence-corrected chi connectivity index (χ3v) is 2.14. The molecule has 1 fully saturated rings. The monoisotopic (exact) mass is 166 g/mol. The fraction of sp³-hybridized carbons (Fsp3) is 0.625. The summed E-state index contributed by atoms with van der Waals surface area (Å²) >= 11 is 0. The van der Waals surface area contributed by atoms with Crippen molar-refractivity contribution in [3.05, 3.63) is 18.7 Å². The van der Waals surface area contributed by atoms with E-state index in [9.17, 15) is 0 Å². The fourth-order valence-corrected chi connectivity index (χ4v) is 1.25. The van der Waals surface area contributed by atoms with Crippen molar-refractivity contribution in [2.24, 2.45) is 0 Å². The van der Waals surface area contributed by atoms with E-state index in [1.807, 2.05) is 18.7 Å². The molecule has 0 radical (unpaired) electrons. The molecule has 0 amide bonds. The molecule has 0 bridgehead atoms. The molecular weight excluding hydrogens is 152 g/mol. The van der Waals surface area contributed by atoms with E-state index in [0.717, 1.165) is 26.2 Å². The average molecular weight is 166 g/mol. The summed E-state index contributed by atoms with van der Waals surface area (Å²) in [5.41, 5.74) is 0. The van der Waals surface area contributed by atoms with Gasteiger partial charge in [-0.25, -0.2) is 4.98 Å². The van der Waals surface area contributed by atoms with Crippen LogP contribution < -0.4 is 10.6 Å². The SMILES string of the molecule is c1cn(CCNC2CNC2)cn1. The highest BCUT2D eigenvalue weighted by Crippen LogP contribution is 1.90. The zero-order chi connectivity index (χ0) is 8.23. The van der Waals surface area contributed by atoms with Crippen molar-refractivity contribution in [3.8, 4) is 0 Å². The molecule has 0 aliphatic carbocycles. The van der Waals surface area contributed by atoms with Crippen LogP contribution in [-0.4, -0.2) is 35.2 Å². The molecule has 4 heteroatoms. The topological polar surface area (TPSA) is 41.9 Å². The average Bonchev–Trinajstić information content (AvgIpc) is 2.46. The molecule has 0 atom stereocenters. The van der Waals surface area contributed by atoms with E-state index in [4.69, 9.17) is 0 Å². The van der Waals surface area contributed by atoms with Crippen molar-refractivity contribution in [3.63, 3.8) is 0 Å². The van der Waals surface area contributed by atoms with Gasteiger partial charge in [-0.3, -0.25) is 0 Å². The molecule has 1 aromatic heterocycles. The smallest absolute Gasteiger partial charge is 0.0946 e. The number of aromatic nitrogens is 2. The largest absolute Gasteiger partial charge is 0.336 e.